The number of fused-ring (bicyclic) bond motifs is 1. The second-order valence-corrected chi connectivity index (χ2v) is 5.14. The van der Waals surface area contributed by atoms with Crippen LogP contribution >= 0.6 is 0 Å². The van der Waals surface area contributed by atoms with Crippen LogP contribution in [0.2, 0.25) is 0 Å². The summed E-state index contributed by atoms with van der Waals surface area (Å²) in [4.78, 5) is 8.80. The third-order valence-corrected chi connectivity index (χ3v) is 3.97. The van der Waals surface area contributed by atoms with Crippen molar-refractivity contribution >= 4 is 11.4 Å². The summed E-state index contributed by atoms with van der Waals surface area (Å²) < 4.78 is 0. The molecule has 1 aliphatic heterocycles. The molecule has 0 saturated heterocycles. The molecular formula is C16H20N4. The Bertz CT molecular complexity index is 570. The topological polar surface area (TPSA) is 45.4 Å². The Morgan fingerprint density at radius 2 is 1.80 bits per heavy atom. The molecule has 1 aliphatic rings. The lowest BCUT2D eigenvalue weighted by atomic mass is 10.0. The number of anilines is 2. The molecule has 20 heavy (non-hydrogen) atoms. The monoisotopic (exact) mass is 268 g/mol. The average molecular weight is 268 g/mol. The molecule has 0 bridgehead atoms. The molecule has 0 aliphatic carbocycles. The van der Waals surface area contributed by atoms with Crippen LogP contribution in [-0.2, 0) is 0 Å². The van der Waals surface area contributed by atoms with E-state index in [4.69, 9.17) is 5.73 Å². The van der Waals surface area contributed by atoms with Crippen LogP contribution in [0.5, 0.6) is 0 Å². The molecular weight excluding hydrogens is 248 g/mol. The minimum Gasteiger partial charge on any atom is -0.371 e. The van der Waals surface area contributed by atoms with Gasteiger partial charge in [-0.3, -0.25) is 4.98 Å². The van der Waals surface area contributed by atoms with Gasteiger partial charge >= 0.3 is 0 Å². The molecule has 4 nitrogen and oxygen atoms in total. The van der Waals surface area contributed by atoms with Gasteiger partial charge in [0.1, 0.15) is 0 Å². The molecule has 0 fully saturated rings. The zero-order chi connectivity index (χ0) is 13.9. The Balaban J connectivity index is 2.00. The van der Waals surface area contributed by atoms with Gasteiger partial charge in [0.05, 0.1) is 17.4 Å². The highest BCUT2D eigenvalue weighted by atomic mass is 15.3. The summed E-state index contributed by atoms with van der Waals surface area (Å²) in [6.07, 6.45) is 3.67. The van der Waals surface area contributed by atoms with Crippen molar-refractivity contribution in [1.82, 2.24) is 4.98 Å². The maximum absolute atomic E-state index is 6.05. The van der Waals surface area contributed by atoms with E-state index in [1.807, 2.05) is 12.4 Å². The fourth-order valence-electron chi connectivity index (χ4n) is 2.88. The Hall–Kier alpha value is -2.07. The summed E-state index contributed by atoms with van der Waals surface area (Å²) in [5.41, 5.74) is 9.80. The van der Waals surface area contributed by atoms with Gasteiger partial charge in [-0.05, 0) is 29.8 Å². The van der Waals surface area contributed by atoms with Crippen LogP contribution in [0, 0.1) is 0 Å². The second kappa shape index (κ2) is 5.51. The fraction of sp³-hybridized carbons (Fsp3) is 0.312. The third kappa shape index (κ3) is 2.23. The van der Waals surface area contributed by atoms with Gasteiger partial charge in [-0.25, -0.2) is 0 Å². The molecule has 104 valence electrons. The summed E-state index contributed by atoms with van der Waals surface area (Å²) in [6, 6.07) is 12.8. The lowest BCUT2D eigenvalue weighted by Crippen LogP contribution is -2.43. The SMILES string of the molecule is CN1CCN(C(CN)c2ccncc2)c2ccccc21. The first kappa shape index (κ1) is 12.9. The van der Waals surface area contributed by atoms with E-state index in [0.29, 0.717) is 6.54 Å². The standard InChI is InChI=1S/C16H20N4/c1-19-10-11-20(15-5-3-2-4-14(15)19)16(12-17)13-6-8-18-9-7-13/h2-9,16H,10-12,17H2,1H3. The van der Waals surface area contributed by atoms with E-state index in [-0.39, 0.29) is 6.04 Å². The molecule has 0 spiro atoms. The zero-order valence-electron chi connectivity index (χ0n) is 11.7. The number of hydrogen-bond donors (Lipinski definition) is 1. The van der Waals surface area contributed by atoms with Crippen molar-refractivity contribution in [1.29, 1.82) is 0 Å². The molecule has 0 saturated carbocycles. The summed E-state index contributed by atoms with van der Waals surface area (Å²) in [5, 5.41) is 0. The molecule has 3 rings (SSSR count). The predicted octanol–water partition coefficient (Wildman–Crippen LogP) is 2.04. The van der Waals surface area contributed by atoms with Crippen molar-refractivity contribution in [2.24, 2.45) is 5.73 Å². The van der Waals surface area contributed by atoms with Gasteiger partial charge in [0.25, 0.3) is 0 Å². The minimum absolute atomic E-state index is 0.202. The first-order chi connectivity index (χ1) is 9.81. The van der Waals surface area contributed by atoms with Gasteiger partial charge in [-0.15, -0.1) is 0 Å². The first-order valence-corrected chi connectivity index (χ1v) is 6.98. The largest absolute Gasteiger partial charge is 0.371 e. The smallest absolute Gasteiger partial charge is 0.0667 e. The van der Waals surface area contributed by atoms with Crippen LogP contribution in [-0.4, -0.2) is 31.7 Å². The van der Waals surface area contributed by atoms with Crippen molar-refractivity contribution in [3.8, 4) is 0 Å². The summed E-state index contributed by atoms with van der Waals surface area (Å²) in [5.74, 6) is 0. The van der Waals surface area contributed by atoms with Crippen LogP contribution < -0.4 is 15.5 Å². The van der Waals surface area contributed by atoms with Crippen molar-refractivity contribution in [2.45, 2.75) is 6.04 Å². The first-order valence-electron chi connectivity index (χ1n) is 6.98. The van der Waals surface area contributed by atoms with E-state index in [9.17, 15) is 0 Å². The number of likely N-dealkylation sites (N-methyl/N-ethyl adjacent to an activating group) is 1. The normalized spacial score (nSPS) is 15.9. The Morgan fingerprint density at radius 3 is 2.50 bits per heavy atom. The maximum Gasteiger partial charge on any atom is 0.0667 e. The number of rotatable bonds is 3. The van der Waals surface area contributed by atoms with Crippen molar-refractivity contribution < 1.29 is 0 Å². The number of hydrogen-bond acceptors (Lipinski definition) is 4. The molecule has 0 amide bonds. The number of nitrogens with zero attached hydrogens (tertiary/aromatic N) is 3. The highest BCUT2D eigenvalue weighted by Crippen LogP contribution is 2.36. The lowest BCUT2D eigenvalue weighted by Gasteiger charge is -2.41. The van der Waals surface area contributed by atoms with Gasteiger partial charge in [-0.1, -0.05) is 12.1 Å². The highest BCUT2D eigenvalue weighted by molar-refractivity contribution is 5.73. The zero-order valence-corrected chi connectivity index (χ0v) is 11.7. The lowest BCUT2D eigenvalue weighted by molar-refractivity contribution is 0.610. The molecule has 1 atom stereocenters. The fourth-order valence-corrected chi connectivity index (χ4v) is 2.88. The Labute approximate surface area is 119 Å². The summed E-state index contributed by atoms with van der Waals surface area (Å²) in [7, 11) is 2.14. The number of nitrogens with two attached hydrogens (primary N) is 1. The van der Waals surface area contributed by atoms with Crippen molar-refractivity contribution in [2.75, 3.05) is 36.5 Å². The molecule has 4 heteroatoms. The van der Waals surface area contributed by atoms with E-state index >= 15 is 0 Å². The minimum atomic E-state index is 0.202. The van der Waals surface area contributed by atoms with Gasteiger partial charge in [0.2, 0.25) is 0 Å². The van der Waals surface area contributed by atoms with E-state index in [1.54, 1.807) is 0 Å². The van der Waals surface area contributed by atoms with Gasteiger partial charge in [0.15, 0.2) is 0 Å². The van der Waals surface area contributed by atoms with Gasteiger partial charge in [-0.2, -0.15) is 0 Å². The molecule has 0 radical (unpaired) electrons. The van der Waals surface area contributed by atoms with E-state index in [2.05, 4.69) is 58.2 Å². The third-order valence-electron chi connectivity index (χ3n) is 3.97. The Morgan fingerprint density at radius 1 is 1.10 bits per heavy atom. The number of benzene rings is 1. The van der Waals surface area contributed by atoms with Crippen LogP contribution in [0.1, 0.15) is 11.6 Å². The predicted molar refractivity (Wildman–Crippen MR) is 83.1 cm³/mol. The molecule has 1 aromatic heterocycles. The Kier molecular flexibility index (Phi) is 3.56. The summed E-state index contributed by atoms with van der Waals surface area (Å²) >= 11 is 0. The number of pyridine rings is 1. The molecule has 2 aromatic rings. The van der Waals surface area contributed by atoms with Crippen LogP contribution in [0.15, 0.2) is 48.8 Å². The molecule has 2 heterocycles. The van der Waals surface area contributed by atoms with Crippen LogP contribution in [0.4, 0.5) is 11.4 Å². The average Bonchev–Trinajstić information content (AvgIpc) is 2.52. The van der Waals surface area contributed by atoms with Crippen LogP contribution in [0.25, 0.3) is 0 Å². The summed E-state index contributed by atoms with van der Waals surface area (Å²) in [6.45, 7) is 2.60. The van der Waals surface area contributed by atoms with Crippen molar-refractivity contribution in [3.05, 3.63) is 54.4 Å². The quantitative estimate of drug-likeness (QED) is 0.925. The van der Waals surface area contributed by atoms with Gasteiger partial charge < -0.3 is 15.5 Å². The van der Waals surface area contributed by atoms with E-state index in [0.717, 1.165) is 13.1 Å². The molecule has 2 N–H and O–H groups in total. The number of para-hydroxylation sites is 2. The highest BCUT2D eigenvalue weighted by Gasteiger charge is 2.26. The van der Waals surface area contributed by atoms with Crippen LogP contribution in [0.3, 0.4) is 0 Å². The van der Waals surface area contributed by atoms with Gasteiger partial charge in [0, 0.05) is 39.1 Å². The van der Waals surface area contributed by atoms with E-state index < -0.39 is 0 Å². The van der Waals surface area contributed by atoms with Crippen molar-refractivity contribution in [3.63, 3.8) is 0 Å². The van der Waals surface area contributed by atoms with E-state index in [1.165, 1.54) is 16.9 Å². The number of aromatic nitrogens is 1. The maximum atomic E-state index is 6.05. The molecule has 1 aromatic carbocycles. The molecule has 1 unspecified atom stereocenters. The second-order valence-electron chi connectivity index (χ2n) is 5.14.